The van der Waals surface area contributed by atoms with Gasteiger partial charge in [-0.2, -0.15) is 0 Å². The Kier molecular flexibility index (Phi) is 6.24. The molecule has 2 aliphatic rings. The molecule has 8 nitrogen and oxygen atoms in total. The molecule has 0 spiro atoms. The van der Waals surface area contributed by atoms with Gasteiger partial charge in [0.25, 0.3) is 5.91 Å². The molecule has 2 aromatic carbocycles. The number of hydrogen-bond acceptors (Lipinski definition) is 5. The van der Waals surface area contributed by atoms with Gasteiger partial charge in [-0.05, 0) is 37.1 Å². The van der Waals surface area contributed by atoms with Crippen LogP contribution in [0.5, 0.6) is 5.75 Å². The fraction of sp³-hybridized carbons (Fsp3) is 0.364. The summed E-state index contributed by atoms with van der Waals surface area (Å²) in [7, 11) is -3.45. The van der Waals surface area contributed by atoms with Crippen molar-refractivity contribution in [1.29, 1.82) is 0 Å². The lowest BCUT2D eigenvalue weighted by Crippen LogP contribution is -2.48. The molecule has 164 valence electrons. The number of urea groups is 1. The second-order valence-corrected chi connectivity index (χ2v) is 9.67. The Hall–Kier alpha value is -2.91. The van der Waals surface area contributed by atoms with E-state index < -0.39 is 10.0 Å². The van der Waals surface area contributed by atoms with Gasteiger partial charge in [0.1, 0.15) is 18.9 Å². The molecule has 0 bridgehead atoms. The highest BCUT2D eigenvalue weighted by atomic mass is 32.2. The summed E-state index contributed by atoms with van der Waals surface area (Å²) < 4.78 is 32.3. The maximum absolute atomic E-state index is 12.9. The number of nitrogens with zero attached hydrogens (tertiary/aromatic N) is 3. The van der Waals surface area contributed by atoms with Gasteiger partial charge in [0, 0.05) is 19.1 Å². The van der Waals surface area contributed by atoms with Crippen LogP contribution in [0.4, 0.5) is 10.5 Å². The predicted octanol–water partition coefficient (Wildman–Crippen LogP) is 2.33. The molecule has 0 saturated carbocycles. The summed E-state index contributed by atoms with van der Waals surface area (Å²) in [4.78, 5) is 28.1. The third kappa shape index (κ3) is 4.72. The Balaban J connectivity index is 1.31. The zero-order valence-electron chi connectivity index (χ0n) is 17.1. The normalized spacial score (nSPS) is 18.6. The number of piperidine rings is 1. The van der Waals surface area contributed by atoms with Gasteiger partial charge in [-0.3, -0.25) is 4.79 Å². The lowest BCUT2D eigenvalue weighted by Gasteiger charge is -2.35. The van der Waals surface area contributed by atoms with Crippen LogP contribution in [0.1, 0.15) is 12.8 Å². The van der Waals surface area contributed by atoms with Gasteiger partial charge in [-0.1, -0.05) is 36.4 Å². The maximum Gasteiger partial charge on any atom is 0.332 e. The average molecular weight is 444 g/mol. The highest BCUT2D eigenvalue weighted by molar-refractivity contribution is 7.89. The number of sulfonamides is 1. The maximum atomic E-state index is 12.9. The molecule has 0 aliphatic carbocycles. The average Bonchev–Trinajstić information content (AvgIpc) is 3.09. The fourth-order valence-electron chi connectivity index (χ4n) is 3.98. The van der Waals surface area contributed by atoms with Gasteiger partial charge < -0.3 is 9.64 Å². The van der Waals surface area contributed by atoms with Crippen molar-refractivity contribution in [2.45, 2.75) is 18.9 Å². The monoisotopic (exact) mass is 443 g/mol. The quantitative estimate of drug-likeness (QED) is 0.613. The Labute approximate surface area is 182 Å². The number of para-hydroxylation sites is 2. The Morgan fingerprint density at radius 1 is 0.903 bits per heavy atom. The number of anilines is 1. The fourth-order valence-corrected chi connectivity index (χ4v) is 5.30. The van der Waals surface area contributed by atoms with Gasteiger partial charge in [-0.15, -0.1) is 0 Å². The van der Waals surface area contributed by atoms with E-state index in [4.69, 9.17) is 4.74 Å². The minimum atomic E-state index is -3.45. The number of hydrogen-bond donors (Lipinski definition) is 0. The summed E-state index contributed by atoms with van der Waals surface area (Å²) in [6.07, 6.45) is 1.00. The minimum Gasteiger partial charge on any atom is -0.492 e. The molecule has 4 rings (SSSR count). The number of ether oxygens (including phenoxy) is 1. The van der Waals surface area contributed by atoms with Crippen LogP contribution in [0.3, 0.4) is 0 Å². The molecule has 9 heteroatoms. The smallest absolute Gasteiger partial charge is 0.332 e. The van der Waals surface area contributed by atoms with Crippen molar-refractivity contribution in [2.24, 2.45) is 0 Å². The first-order valence-electron chi connectivity index (χ1n) is 10.3. The number of benzene rings is 2. The van der Waals surface area contributed by atoms with E-state index in [-0.39, 0.29) is 36.9 Å². The lowest BCUT2D eigenvalue weighted by atomic mass is 10.1. The van der Waals surface area contributed by atoms with Crippen molar-refractivity contribution in [3.05, 3.63) is 60.7 Å². The third-order valence-corrected chi connectivity index (χ3v) is 7.45. The van der Waals surface area contributed by atoms with Crippen molar-refractivity contribution in [3.63, 3.8) is 0 Å². The van der Waals surface area contributed by atoms with Crippen LogP contribution in [0.2, 0.25) is 0 Å². The molecule has 0 atom stereocenters. The van der Waals surface area contributed by atoms with E-state index in [1.807, 2.05) is 24.3 Å². The van der Waals surface area contributed by atoms with Gasteiger partial charge in [0.2, 0.25) is 10.0 Å². The van der Waals surface area contributed by atoms with Gasteiger partial charge in [-0.25, -0.2) is 22.4 Å². The molecule has 0 radical (unpaired) electrons. The summed E-state index contributed by atoms with van der Waals surface area (Å²) in [6, 6.07) is 17.4. The second kappa shape index (κ2) is 9.07. The Morgan fingerprint density at radius 2 is 1.52 bits per heavy atom. The van der Waals surface area contributed by atoms with Crippen molar-refractivity contribution in [3.8, 4) is 5.75 Å². The lowest BCUT2D eigenvalue weighted by molar-refractivity contribution is -0.116. The molecule has 2 aromatic rings. The number of rotatable bonds is 7. The van der Waals surface area contributed by atoms with Crippen LogP contribution in [-0.4, -0.2) is 67.6 Å². The molecule has 2 aliphatic heterocycles. The molecule has 3 amide bonds. The van der Waals surface area contributed by atoms with Crippen molar-refractivity contribution < 1.29 is 22.7 Å². The molecular formula is C22H25N3O5S. The van der Waals surface area contributed by atoms with Crippen LogP contribution in [0, 0.1) is 0 Å². The zero-order valence-corrected chi connectivity index (χ0v) is 17.9. The summed E-state index contributed by atoms with van der Waals surface area (Å²) in [5.41, 5.74) is 0.554. The van der Waals surface area contributed by atoms with E-state index in [2.05, 4.69) is 0 Å². The molecule has 2 fully saturated rings. The van der Waals surface area contributed by atoms with Crippen molar-refractivity contribution in [1.82, 2.24) is 9.21 Å². The third-order valence-electron chi connectivity index (χ3n) is 5.62. The minimum absolute atomic E-state index is 0.0239. The predicted molar refractivity (Wildman–Crippen MR) is 116 cm³/mol. The topological polar surface area (TPSA) is 87.2 Å². The number of carbonyl (C=O) groups excluding carboxylic acids is 2. The van der Waals surface area contributed by atoms with Crippen LogP contribution in [-0.2, 0) is 14.8 Å². The SMILES string of the molecule is O=C1CN(C2CCN(S(=O)(=O)CCOc3ccccc3)CC2)C(=O)N1c1ccccc1. The Bertz CT molecular complexity index is 1020. The van der Waals surface area contributed by atoms with Gasteiger partial charge in [0.15, 0.2) is 0 Å². The van der Waals surface area contributed by atoms with Gasteiger partial charge in [0.05, 0.1) is 11.4 Å². The highest BCUT2D eigenvalue weighted by Crippen LogP contribution is 2.27. The van der Waals surface area contributed by atoms with Crippen LogP contribution >= 0.6 is 0 Å². The van der Waals surface area contributed by atoms with E-state index in [1.54, 1.807) is 41.3 Å². The summed E-state index contributed by atoms with van der Waals surface area (Å²) in [5, 5.41) is 0. The molecule has 2 heterocycles. The van der Waals surface area contributed by atoms with Crippen molar-refractivity contribution in [2.75, 3.05) is 36.9 Å². The standard InChI is InChI=1S/C22H25N3O5S/c26-21-17-24(22(27)25(21)19-7-3-1-4-8-19)18-11-13-23(14-12-18)31(28,29)16-15-30-20-9-5-2-6-10-20/h1-10,18H,11-17H2. The second-order valence-electron chi connectivity index (χ2n) is 7.58. The zero-order chi connectivity index (χ0) is 21.8. The first kappa shape index (κ1) is 21.3. The number of amides is 3. The van der Waals surface area contributed by atoms with E-state index in [0.29, 0.717) is 37.4 Å². The van der Waals surface area contributed by atoms with Gasteiger partial charge >= 0.3 is 6.03 Å². The molecule has 2 saturated heterocycles. The molecule has 0 N–H and O–H groups in total. The van der Waals surface area contributed by atoms with Crippen LogP contribution in [0.25, 0.3) is 0 Å². The molecule has 0 unspecified atom stereocenters. The first-order chi connectivity index (χ1) is 15.0. The van der Waals surface area contributed by atoms with E-state index in [9.17, 15) is 18.0 Å². The largest absolute Gasteiger partial charge is 0.492 e. The van der Waals surface area contributed by atoms with Crippen LogP contribution in [0.15, 0.2) is 60.7 Å². The summed E-state index contributed by atoms with van der Waals surface area (Å²) >= 11 is 0. The van der Waals surface area contributed by atoms with E-state index >= 15 is 0 Å². The molecular weight excluding hydrogens is 418 g/mol. The van der Waals surface area contributed by atoms with Crippen LogP contribution < -0.4 is 9.64 Å². The highest BCUT2D eigenvalue weighted by Gasteiger charge is 2.42. The molecule has 0 aromatic heterocycles. The summed E-state index contributed by atoms with van der Waals surface area (Å²) in [5.74, 6) is 0.274. The van der Waals surface area contributed by atoms with E-state index in [1.165, 1.54) is 9.21 Å². The van der Waals surface area contributed by atoms with E-state index in [0.717, 1.165) is 0 Å². The number of imide groups is 1. The van der Waals surface area contributed by atoms with Crippen molar-refractivity contribution >= 4 is 27.6 Å². The summed E-state index contributed by atoms with van der Waals surface area (Å²) in [6.45, 7) is 0.747. The molecule has 31 heavy (non-hydrogen) atoms. The first-order valence-corrected chi connectivity index (χ1v) is 11.9. The number of carbonyl (C=O) groups is 2. The Morgan fingerprint density at radius 3 is 2.16 bits per heavy atom.